The van der Waals surface area contributed by atoms with Gasteiger partial charge < -0.3 is 11.1 Å². The Balaban J connectivity index is 2.33. The van der Waals surface area contributed by atoms with Gasteiger partial charge in [0.25, 0.3) is 5.91 Å². The highest BCUT2D eigenvalue weighted by atomic mass is 19.1. The maximum atomic E-state index is 13.7. The molecule has 0 aliphatic rings. The third-order valence-corrected chi connectivity index (χ3v) is 2.52. The number of carbonyl (C=O) groups is 1. The lowest BCUT2D eigenvalue weighted by molar-refractivity contribution is 0.101. The molecule has 0 aliphatic carbocycles. The molecular weight excluding hydrogens is 252 g/mol. The molecule has 3 N–H and O–H groups in total. The van der Waals surface area contributed by atoms with E-state index in [9.17, 15) is 13.6 Å². The summed E-state index contributed by atoms with van der Waals surface area (Å²) in [6.45, 7) is 1.45. The number of hydrogen-bond acceptors (Lipinski definition) is 3. The van der Waals surface area contributed by atoms with E-state index in [1.807, 2.05) is 0 Å². The Morgan fingerprint density at radius 1 is 1.26 bits per heavy atom. The number of pyridine rings is 1. The SMILES string of the molecule is Cc1ccc(F)c(C(=O)Nc2cccc(N)n2)c1F. The summed E-state index contributed by atoms with van der Waals surface area (Å²) in [7, 11) is 0. The molecule has 1 aromatic carbocycles. The van der Waals surface area contributed by atoms with Crippen molar-refractivity contribution in [3.8, 4) is 0 Å². The number of rotatable bonds is 2. The van der Waals surface area contributed by atoms with Crippen LogP contribution in [-0.4, -0.2) is 10.9 Å². The van der Waals surface area contributed by atoms with Gasteiger partial charge in [0, 0.05) is 0 Å². The molecule has 0 spiro atoms. The quantitative estimate of drug-likeness (QED) is 0.874. The highest BCUT2D eigenvalue weighted by molar-refractivity contribution is 6.04. The van der Waals surface area contributed by atoms with E-state index in [4.69, 9.17) is 5.73 Å². The molecule has 6 heteroatoms. The standard InChI is InChI=1S/C13H11F2N3O/c1-7-5-6-8(14)11(12(7)15)13(19)18-10-4-2-3-9(16)17-10/h2-6H,1H3,(H3,16,17,18,19). The predicted molar refractivity (Wildman–Crippen MR) is 67.7 cm³/mol. The lowest BCUT2D eigenvalue weighted by Gasteiger charge is -2.08. The number of halogens is 2. The van der Waals surface area contributed by atoms with Gasteiger partial charge in [-0.05, 0) is 30.7 Å². The first-order valence-corrected chi connectivity index (χ1v) is 5.47. The summed E-state index contributed by atoms with van der Waals surface area (Å²) in [6, 6.07) is 6.88. The van der Waals surface area contributed by atoms with E-state index < -0.39 is 23.1 Å². The normalized spacial score (nSPS) is 10.3. The molecule has 0 aliphatic heterocycles. The Bertz CT molecular complexity index is 644. The smallest absolute Gasteiger partial charge is 0.262 e. The maximum absolute atomic E-state index is 13.7. The lowest BCUT2D eigenvalue weighted by Crippen LogP contribution is -2.17. The first-order valence-electron chi connectivity index (χ1n) is 5.47. The molecule has 2 rings (SSSR count). The number of hydrogen-bond donors (Lipinski definition) is 2. The average Bonchev–Trinajstić information content (AvgIpc) is 2.34. The number of aryl methyl sites for hydroxylation is 1. The summed E-state index contributed by atoms with van der Waals surface area (Å²) in [4.78, 5) is 15.7. The van der Waals surface area contributed by atoms with Crippen LogP contribution < -0.4 is 11.1 Å². The van der Waals surface area contributed by atoms with Crippen LogP contribution in [0.15, 0.2) is 30.3 Å². The Hall–Kier alpha value is -2.50. The summed E-state index contributed by atoms with van der Waals surface area (Å²) in [5.74, 6) is -2.39. The summed E-state index contributed by atoms with van der Waals surface area (Å²) in [6.07, 6.45) is 0. The van der Waals surface area contributed by atoms with Crippen molar-refractivity contribution in [2.75, 3.05) is 11.1 Å². The second-order valence-electron chi connectivity index (χ2n) is 3.96. The highest BCUT2D eigenvalue weighted by Gasteiger charge is 2.19. The van der Waals surface area contributed by atoms with Gasteiger partial charge in [-0.3, -0.25) is 4.79 Å². The zero-order valence-electron chi connectivity index (χ0n) is 10.1. The Morgan fingerprint density at radius 2 is 2.00 bits per heavy atom. The van der Waals surface area contributed by atoms with Crippen molar-refractivity contribution in [3.63, 3.8) is 0 Å². The van der Waals surface area contributed by atoms with Gasteiger partial charge in [0.05, 0.1) is 0 Å². The van der Waals surface area contributed by atoms with Crippen LogP contribution in [0, 0.1) is 18.6 Å². The van der Waals surface area contributed by atoms with Gasteiger partial charge in [-0.25, -0.2) is 13.8 Å². The zero-order valence-corrected chi connectivity index (χ0v) is 10.1. The lowest BCUT2D eigenvalue weighted by atomic mass is 10.1. The van der Waals surface area contributed by atoms with Crippen molar-refractivity contribution < 1.29 is 13.6 Å². The molecule has 2 aromatic rings. The van der Waals surface area contributed by atoms with Crippen LogP contribution >= 0.6 is 0 Å². The number of aromatic nitrogens is 1. The van der Waals surface area contributed by atoms with Gasteiger partial charge >= 0.3 is 0 Å². The molecule has 0 radical (unpaired) electrons. The van der Waals surface area contributed by atoms with Gasteiger partial charge in [-0.2, -0.15) is 0 Å². The van der Waals surface area contributed by atoms with Crippen LogP contribution in [0.1, 0.15) is 15.9 Å². The van der Waals surface area contributed by atoms with Crippen LogP contribution in [0.25, 0.3) is 0 Å². The molecule has 0 unspecified atom stereocenters. The van der Waals surface area contributed by atoms with Gasteiger partial charge in [0.1, 0.15) is 28.8 Å². The molecule has 0 fully saturated rings. The number of benzene rings is 1. The van der Waals surface area contributed by atoms with Crippen LogP contribution in [0.3, 0.4) is 0 Å². The molecular formula is C13H11F2N3O. The summed E-state index contributed by atoms with van der Waals surface area (Å²) >= 11 is 0. The number of nitrogen functional groups attached to an aromatic ring is 1. The van der Waals surface area contributed by atoms with E-state index >= 15 is 0 Å². The van der Waals surface area contributed by atoms with E-state index in [1.165, 1.54) is 25.1 Å². The van der Waals surface area contributed by atoms with E-state index in [0.717, 1.165) is 6.07 Å². The van der Waals surface area contributed by atoms with Crippen LogP contribution in [0.4, 0.5) is 20.4 Å². The third-order valence-electron chi connectivity index (χ3n) is 2.52. The van der Waals surface area contributed by atoms with Gasteiger partial charge in [-0.1, -0.05) is 12.1 Å². The molecule has 0 bridgehead atoms. The van der Waals surface area contributed by atoms with Crippen molar-refractivity contribution in [2.24, 2.45) is 0 Å². The fraction of sp³-hybridized carbons (Fsp3) is 0.0769. The topological polar surface area (TPSA) is 68.0 Å². The van der Waals surface area contributed by atoms with E-state index in [2.05, 4.69) is 10.3 Å². The minimum absolute atomic E-state index is 0.130. The van der Waals surface area contributed by atoms with Crippen LogP contribution in [-0.2, 0) is 0 Å². The molecule has 1 heterocycles. The molecule has 1 amide bonds. The van der Waals surface area contributed by atoms with E-state index in [-0.39, 0.29) is 17.2 Å². The number of carbonyl (C=O) groups excluding carboxylic acids is 1. The first kappa shape index (κ1) is 12.9. The van der Waals surface area contributed by atoms with E-state index in [0.29, 0.717) is 0 Å². The summed E-state index contributed by atoms with van der Waals surface area (Å²) < 4.78 is 27.3. The van der Waals surface area contributed by atoms with Crippen molar-refractivity contribution in [3.05, 3.63) is 53.1 Å². The molecule has 1 aromatic heterocycles. The Labute approximate surface area is 108 Å². The van der Waals surface area contributed by atoms with Crippen molar-refractivity contribution >= 4 is 17.5 Å². The molecule has 4 nitrogen and oxygen atoms in total. The van der Waals surface area contributed by atoms with Gasteiger partial charge in [-0.15, -0.1) is 0 Å². The minimum Gasteiger partial charge on any atom is -0.384 e. The number of amides is 1. The van der Waals surface area contributed by atoms with Crippen molar-refractivity contribution in [1.82, 2.24) is 4.98 Å². The Morgan fingerprint density at radius 3 is 2.68 bits per heavy atom. The average molecular weight is 263 g/mol. The molecule has 0 saturated carbocycles. The zero-order chi connectivity index (χ0) is 14.0. The number of anilines is 2. The summed E-state index contributed by atoms with van der Waals surface area (Å²) in [5, 5.41) is 2.30. The first-order chi connectivity index (χ1) is 8.99. The molecule has 0 atom stereocenters. The molecule has 0 saturated heterocycles. The Kier molecular flexibility index (Phi) is 3.41. The fourth-order valence-corrected chi connectivity index (χ4v) is 1.56. The minimum atomic E-state index is -0.926. The number of nitrogens with one attached hydrogen (secondary N) is 1. The second-order valence-corrected chi connectivity index (χ2v) is 3.96. The van der Waals surface area contributed by atoms with Crippen molar-refractivity contribution in [2.45, 2.75) is 6.92 Å². The second kappa shape index (κ2) is 5.01. The number of nitrogens with two attached hydrogens (primary N) is 1. The molecule has 98 valence electrons. The van der Waals surface area contributed by atoms with Crippen LogP contribution in [0.5, 0.6) is 0 Å². The maximum Gasteiger partial charge on any atom is 0.262 e. The van der Waals surface area contributed by atoms with Crippen LogP contribution in [0.2, 0.25) is 0 Å². The van der Waals surface area contributed by atoms with Crippen molar-refractivity contribution in [1.29, 1.82) is 0 Å². The van der Waals surface area contributed by atoms with E-state index in [1.54, 1.807) is 6.07 Å². The summed E-state index contributed by atoms with van der Waals surface area (Å²) in [5.41, 5.74) is 5.00. The predicted octanol–water partition coefficient (Wildman–Crippen LogP) is 2.50. The largest absolute Gasteiger partial charge is 0.384 e. The third kappa shape index (κ3) is 2.67. The highest BCUT2D eigenvalue weighted by Crippen LogP contribution is 2.18. The van der Waals surface area contributed by atoms with Gasteiger partial charge in [0.15, 0.2) is 0 Å². The molecule has 19 heavy (non-hydrogen) atoms. The van der Waals surface area contributed by atoms with Gasteiger partial charge in [0.2, 0.25) is 0 Å². The monoisotopic (exact) mass is 263 g/mol. The fourth-order valence-electron chi connectivity index (χ4n) is 1.56. The number of nitrogens with zero attached hydrogens (tertiary/aromatic N) is 1.